The minimum Gasteiger partial charge on any atom is -0.462 e. The average molecular weight is 613 g/mol. The van der Waals surface area contributed by atoms with E-state index in [1.54, 1.807) is 13.0 Å². The number of fused-ring (bicyclic) bond motifs is 2. The predicted molar refractivity (Wildman–Crippen MR) is 167 cm³/mol. The first-order chi connectivity index (χ1) is 20.7. The molecule has 0 radical (unpaired) electrons. The van der Waals surface area contributed by atoms with Crippen LogP contribution in [0.4, 0.5) is 0 Å². The van der Waals surface area contributed by atoms with E-state index in [4.69, 9.17) is 18.9 Å². The van der Waals surface area contributed by atoms with Gasteiger partial charge in [0.15, 0.2) is 5.79 Å². The first-order valence-corrected chi connectivity index (χ1v) is 16.4. The quantitative estimate of drug-likeness (QED) is 0.292. The Bertz CT molecular complexity index is 1240. The molecule has 2 bridgehead atoms. The van der Waals surface area contributed by atoms with Crippen LogP contribution in [0.25, 0.3) is 0 Å². The minimum absolute atomic E-state index is 0.0818. The number of carbonyl (C=O) groups excluding carboxylic acids is 1. The van der Waals surface area contributed by atoms with Crippen LogP contribution in [0.1, 0.15) is 80.6 Å². The number of hydrogen-bond donors (Lipinski definition) is 3. The molecule has 8 heteroatoms. The molecule has 0 aromatic heterocycles. The van der Waals surface area contributed by atoms with E-state index in [9.17, 15) is 20.1 Å². The Kier molecular flexibility index (Phi) is 9.82. The van der Waals surface area contributed by atoms with Gasteiger partial charge in [0.05, 0.1) is 18.8 Å². The zero-order valence-electron chi connectivity index (χ0n) is 27.4. The molecular weight excluding hydrogens is 560 g/mol. The van der Waals surface area contributed by atoms with E-state index in [1.807, 2.05) is 12.2 Å². The number of allylic oxidation sites excluding steroid dienone is 5. The molecule has 0 aromatic rings. The molecule has 3 N–H and O–H groups in total. The van der Waals surface area contributed by atoms with Gasteiger partial charge >= 0.3 is 5.97 Å². The molecule has 244 valence electrons. The van der Waals surface area contributed by atoms with Gasteiger partial charge in [-0.25, -0.2) is 0 Å². The number of aliphatic hydroxyl groups is 3. The van der Waals surface area contributed by atoms with Crippen molar-refractivity contribution in [2.75, 3.05) is 6.61 Å². The van der Waals surface area contributed by atoms with Crippen molar-refractivity contribution in [2.24, 2.45) is 23.7 Å². The van der Waals surface area contributed by atoms with Crippen LogP contribution in [-0.2, 0) is 23.7 Å². The molecule has 0 saturated carbocycles. The van der Waals surface area contributed by atoms with E-state index in [0.717, 1.165) is 12.0 Å². The molecule has 0 amide bonds. The van der Waals surface area contributed by atoms with Crippen LogP contribution in [0.2, 0.25) is 0 Å². The highest BCUT2D eigenvalue weighted by Gasteiger charge is 2.60. The van der Waals surface area contributed by atoms with Crippen molar-refractivity contribution in [2.45, 2.75) is 129 Å². The molecule has 8 nitrogen and oxygen atoms in total. The summed E-state index contributed by atoms with van der Waals surface area (Å²) >= 11 is 0. The fourth-order valence-electron chi connectivity index (χ4n) is 7.89. The summed E-state index contributed by atoms with van der Waals surface area (Å²) < 4.78 is 25.6. The van der Waals surface area contributed by atoms with Crippen molar-refractivity contribution in [3.05, 3.63) is 58.7 Å². The summed E-state index contributed by atoms with van der Waals surface area (Å²) in [6.45, 7) is 14.5. The Morgan fingerprint density at radius 2 is 1.86 bits per heavy atom. The van der Waals surface area contributed by atoms with Gasteiger partial charge in [-0.2, -0.15) is 0 Å². The zero-order chi connectivity index (χ0) is 32.0. The second kappa shape index (κ2) is 13.0. The molecule has 4 aliphatic heterocycles. The summed E-state index contributed by atoms with van der Waals surface area (Å²) in [5.41, 5.74) is 1.65. The number of aliphatic hydroxyl groups excluding tert-OH is 2. The van der Waals surface area contributed by atoms with Crippen LogP contribution in [0.3, 0.4) is 0 Å². The van der Waals surface area contributed by atoms with Gasteiger partial charge < -0.3 is 34.3 Å². The summed E-state index contributed by atoms with van der Waals surface area (Å²) in [5, 5.41) is 34.6. The van der Waals surface area contributed by atoms with Crippen molar-refractivity contribution < 1.29 is 39.1 Å². The number of esters is 1. The van der Waals surface area contributed by atoms with Crippen molar-refractivity contribution in [1.29, 1.82) is 0 Å². The van der Waals surface area contributed by atoms with Crippen molar-refractivity contribution in [3.8, 4) is 0 Å². The van der Waals surface area contributed by atoms with Crippen LogP contribution >= 0.6 is 0 Å². The van der Waals surface area contributed by atoms with Gasteiger partial charge in [-0.15, -0.1) is 0 Å². The summed E-state index contributed by atoms with van der Waals surface area (Å²) in [6, 6.07) is 0. The largest absolute Gasteiger partial charge is 0.462 e. The molecule has 11 unspecified atom stereocenters. The van der Waals surface area contributed by atoms with E-state index in [2.05, 4.69) is 59.8 Å². The lowest BCUT2D eigenvalue weighted by Gasteiger charge is -2.52. The third-order valence-electron chi connectivity index (χ3n) is 10.1. The Hall–Kier alpha value is -2.07. The Labute approximate surface area is 262 Å². The second-order valence-corrected chi connectivity index (χ2v) is 14.4. The molecule has 5 rings (SSSR count). The summed E-state index contributed by atoms with van der Waals surface area (Å²) in [6.07, 6.45) is 10.2. The van der Waals surface area contributed by atoms with Crippen LogP contribution in [-0.4, -0.2) is 75.9 Å². The molecule has 1 spiro atoms. The minimum atomic E-state index is -1.75. The lowest BCUT2D eigenvalue weighted by atomic mass is 9.71. The average Bonchev–Trinajstić information content (AvgIpc) is 3.27. The normalized spacial score (nSPS) is 46.8. The smallest absolute Gasteiger partial charge is 0.316 e. The Morgan fingerprint density at radius 3 is 2.59 bits per heavy atom. The molecular formula is C36H52O8. The predicted octanol–water partition coefficient (Wildman–Crippen LogP) is 5.09. The monoisotopic (exact) mass is 612 g/mol. The molecule has 4 heterocycles. The first-order valence-electron chi connectivity index (χ1n) is 16.4. The van der Waals surface area contributed by atoms with Gasteiger partial charge in [0, 0.05) is 12.8 Å². The van der Waals surface area contributed by atoms with Crippen LogP contribution < -0.4 is 0 Å². The van der Waals surface area contributed by atoms with Crippen LogP contribution in [0.5, 0.6) is 0 Å². The first kappa shape index (κ1) is 33.3. The van der Waals surface area contributed by atoms with Gasteiger partial charge in [0.2, 0.25) is 0 Å². The van der Waals surface area contributed by atoms with Crippen molar-refractivity contribution in [3.63, 3.8) is 0 Å². The topological polar surface area (TPSA) is 115 Å². The third kappa shape index (κ3) is 6.44. The molecule has 5 aliphatic rings. The lowest BCUT2D eigenvalue weighted by Crippen LogP contribution is -2.62. The van der Waals surface area contributed by atoms with E-state index in [1.165, 1.54) is 5.57 Å². The second-order valence-electron chi connectivity index (χ2n) is 14.4. The van der Waals surface area contributed by atoms with Crippen molar-refractivity contribution >= 4 is 5.97 Å². The standard InChI is InChI=1S/C36H52O8/c1-20(2)13-24(6)32-25(7)16-30(37)35(44-32)18-28-17-27(43-35)12-11-22(4)14-21(3)9-8-10-26-19-41-33-31(38)23(5)15-29(34(39)42-28)36(26,33)40/h8-11,13,15,20-21,25,27-33,37-38,40H,12,14,16-19H2,1-7H3/b9-8+,22-11+,24-13-,26-10+. The van der Waals surface area contributed by atoms with E-state index >= 15 is 0 Å². The molecule has 3 fully saturated rings. The molecule has 3 saturated heterocycles. The van der Waals surface area contributed by atoms with Crippen molar-refractivity contribution in [1.82, 2.24) is 0 Å². The molecule has 1 aliphatic carbocycles. The molecule has 11 atom stereocenters. The van der Waals surface area contributed by atoms with Gasteiger partial charge in [-0.05, 0) is 74.5 Å². The molecule has 0 aromatic carbocycles. The Balaban J connectivity index is 1.53. The maximum absolute atomic E-state index is 14.0. The fourth-order valence-corrected chi connectivity index (χ4v) is 7.89. The highest BCUT2D eigenvalue weighted by molar-refractivity contribution is 5.78. The summed E-state index contributed by atoms with van der Waals surface area (Å²) in [5.74, 6) is -2.34. The summed E-state index contributed by atoms with van der Waals surface area (Å²) in [4.78, 5) is 14.0. The van der Waals surface area contributed by atoms with Gasteiger partial charge in [0.25, 0.3) is 0 Å². The fraction of sp³-hybridized carbons (Fsp3) is 0.694. The number of rotatable bonds is 2. The SMILES string of the molecule is CC1=CC2C(=O)OC3CC(C/C=C(\C)CC(C)/C=C/C=C4\COC(C1O)C42O)OC1(C3)OC(/C(C)=C\C(C)C)C(C)CC1O. The zero-order valence-corrected chi connectivity index (χ0v) is 27.4. The number of ether oxygens (including phenoxy) is 4. The molecule has 44 heavy (non-hydrogen) atoms. The van der Waals surface area contributed by atoms with Crippen LogP contribution in [0.15, 0.2) is 58.7 Å². The maximum atomic E-state index is 14.0. The third-order valence-corrected chi connectivity index (χ3v) is 10.1. The summed E-state index contributed by atoms with van der Waals surface area (Å²) in [7, 11) is 0. The number of hydrogen-bond acceptors (Lipinski definition) is 8. The van der Waals surface area contributed by atoms with Gasteiger partial charge in [-0.3, -0.25) is 4.79 Å². The van der Waals surface area contributed by atoms with Crippen LogP contribution in [0, 0.1) is 23.7 Å². The van der Waals surface area contributed by atoms with E-state index in [0.29, 0.717) is 36.3 Å². The van der Waals surface area contributed by atoms with Gasteiger partial charge in [-0.1, -0.05) is 69.7 Å². The maximum Gasteiger partial charge on any atom is 0.316 e. The van der Waals surface area contributed by atoms with E-state index < -0.39 is 47.7 Å². The highest BCUT2D eigenvalue weighted by atomic mass is 16.7. The number of carbonyl (C=O) groups is 1. The van der Waals surface area contributed by atoms with Gasteiger partial charge in [0.1, 0.15) is 35.9 Å². The van der Waals surface area contributed by atoms with E-state index in [-0.39, 0.29) is 37.1 Å². The lowest BCUT2D eigenvalue weighted by molar-refractivity contribution is -0.363. The highest BCUT2D eigenvalue weighted by Crippen LogP contribution is 2.47. The Morgan fingerprint density at radius 1 is 1.11 bits per heavy atom.